The van der Waals surface area contributed by atoms with Crippen LogP contribution in [0.4, 0.5) is 0 Å². The summed E-state index contributed by atoms with van der Waals surface area (Å²) >= 11 is 0. The predicted octanol–water partition coefficient (Wildman–Crippen LogP) is 2.16. The number of imidazole rings is 2. The SMILES string of the molecule is CCCCn1cc[n+](CC)c1.CCCCn1cc[n+](CC)c1.CCOP([O-])[O-]. The van der Waals surface area contributed by atoms with Gasteiger partial charge in [0.25, 0.3) is 0 Å². The number of hydrogen-bond donors (Lipinski definition) is 0. The molecular formula is C20H39N4O3P. The lowest BCUT2D eigenvalue weighted by molar-refractivity contribution is -0.693. The molecule has 0 aliphatic heterocycles. The average Bonchev–Trinajstić information content (AvgIpc) is 3.34. The van der Waals surface area contributed by atoms with Gasteiger partial charge < -0.3 is 14.3 Å². The zero-order valence-electron chi connectivity index (χ0n) is 18.3. The fourth-order valence-corrected chi connectivity index (χ4v) is 2.51. The van der Waals surface area contributed by atoms with Crippen molar-refractivity contribution in [3.63, 3.8) is 0 Å². The van der Waals surface area contributed by atoms with Crippen LogP contribution in [0.2, 0.25) is 0 Å². The molecule has 0 spiro atoms. The summed E-state index contributed by atoms with van der Waals surface area (Å²) in [6.45, 7) is 15.1. The Bertz CT molecular complexity index is 541. The quantitative estimate of drug-likeness (QED) is 0.442. The number of aryl methyl sites for hydroxylation is 4. The van der Waals surface area contributed by atoms with E-state index >= 15 is 0 Å². The first-order chi connectivity index (χ1) is 13.5. The van der Waals surface area contributed by atoms with Crippen LogP contribution in [-0.4, -0.2) is 15.7 Å². The van der Waals surface area contributed by atoms with Crippen LogP contribution in [-0.2, 0) is 30.7 Å². The number of aromatic nitrogens is 4. The van der Waals surface area contributed by atoms with Gasteiger partial charge in [0.2, 0.25) is 12.7 Å². The maximum Gasteiger partial charge on any atom is 0.243 e. The zero-order valence-corrected chi connectivity index (χ0v) is 19.2. The van der Waals surface area contributed by atoms with Gasteiger partial charge in [0, 0.05) is 6.61 Å². The van der Waals surface area contributed by atoms with Crippen LogP contribution in [0.15, 0.2) is 37.4 Å². The maximum atomic E-state index is 9.41. The first kappa shape index (κ1) is 26.7. The summed E-state index contributed by atoms with van der Waals surface area (Å²) in [5.74, 6) is 0. The molecule has 0 atom stereocenters. The lowest BCUT2D eigenvalue weighted by Gasteiger charge is -2.27. The van der Waals surface area contributed by atoms with Gasteiger partial charge in [0.05, 0.1) is 26.2 Å². The van der Waals surface area contributed by atoms with Crippen LogP contribution in [0, 0.1) is 0 Å². The van der Waals surface area contributed by atoms with Crippen molar-refractivity contribution in [2.45, 2.75) is 86.5 Å². The van der Waals surface area contributed by atoms with Gasteiger partial charge in [-0.05, 0) is 33.6 Å². The second-order valence-corrected chi connectivity index (χ2v) is 7.02. The third-order valence-electron chi connectivity index (χ3n) is 4.00. The van der Waals surface area contributed by atoms with E-state index < -0.39 is 8.60 Å². The summed E-state index contributed by atoms with van der Waals surface area (Å²) in [5, 5.41) is 0. The van der Waals surface area contributed by atoms with Gasteiger partial charge in [-0.3, -0.25) is 0 Å². The summed E-state index contributed by atoms with van der Waals surface area (Å²) < 4.78 is 12.9. The lowest BCUT2D eigenvalue weighted by Crippen LogP contribution is -2.28. The summed E-state index contributed by atoms with van der Waals surface area (Å²) in [5.41, 5.74) is 0. The summed E-state index contributed by atoms with van der Waals surface area (Å²) in [6.07, 6.45) is 17.9. The van der Waals surface area contributed by atoms with E-state index in [1.807, 2.05) is 0 Å². The van der Waals surface area contributed by atoms with Crippen molar-refractivity contribution in [1.82, 2.24) is 9.13 Å². The second kappa shape index (κ2) is 17.8. The van der Waals surface area contributed by atoms with E-state index in [2.05, 4.69) is 87.9 Å². The van der Waals surface area contributed by atoms with Crippen LogP contribution in [0.25, 0.3) is 0 Å². The van der Waals surface area contributed by atoms with E-state index in [1.165, 1.54) is 25.7 Å². The molecule has 2 heterocycles. The molecule has 2 aromatic rings. The van der Waals surface area contributed by atoms with Gasteiger partial charge in [-0.2, -0.15) is 8.60 Å². The molecule has 0 aliphatic rings. The first-order valence-electron chi connectivity index (χ1n) is 10.4. The summed E-state index contributed by atoms with van der Waals surface area (Å²) in [7, 11) is -2.60. The molecule has 162 valence electrons. The van der Waals surface area contributed by atoms with Gasteiger partial charge in [0.1, 0.15) is 24.8 Å². The second-order valence-electron chi connectivity index (χ2n) is 6.31. The first-order valence-corrected chi connectivity index (χ1v) is 11.5. The number of hydrogen-bond acceptors (Lipinski definition) is 3. The Labute approximate surface area is 172 Å². The standard InChI is InChI=1S/2C9H17N2.C2H5O3P/c2*1-3-5-6-11-8-7-10(4-2)9-11;1-2-5-6(3)4/h2*7-9H,3-6H2,1-2H3;2H2,1H3/q2*+1;-2. The molecule has 0 aromatic carbocycles. The monoisotopic (exact) mass is 414 g/mol. The zero-order chi connectivity index (χ0) is 21.2. The van der Waals surface area contributed by atoms with Gasteiger partial charge in [0.15, 0.2) is 0 Å². The minimum absolute atomic E-state index is 0.235. The molecular weight excluding hydrogens is 375 g/mol. The van der Waals surface area contributed by atoms with E-state index in [0.29, 0.717) is 0 Å². The molecule has 0 saturated carbocycles. The van der Waals surface area contributed by atoms with Crippen LogP contribution >= 0.6 is 8.60 Å². The Kier molecular flexibility index (Phi) is 17.0. The third kappa shape index (κ3) is 13.8. The van der Waals surface area contributed by atoms with E-state index in [4.69, 9.17) is 0 Å². The summed E-state index contributed by atoms with van der Waals surface area (Å²) in [6, 6.07) is 0. The molecule has 0 fully saturated rings. The van der Waals surface area contributed by atoms with Crippen molar-refractivity contribution in [3.8, 4) is 0 Å². The van der Waals surface area contributed by atoms with Gasteiger partial charge in [-0.15, -0.1) is 0 Å². The Morgan fingerprint density at radius 1 is 0.786 bits per heavy atom. The van der Waals surface area contributed by atoms with Crippen LogP contribution < -0.4 is 18.9 Å². The Hall–Kier alpha value is -1.27. The number of rotatable bonds is 10. The van der Waals surface area contributed by atoms with Gasteiger partial charge in [-0.25, -0.2) is 18.3 Å². The lowest BCUT2D eigenvalue weighted by atomic mass is 10.3. The number of unbranched alkanes of at least 4 members (excludes halogenated alkanes) is 2. The Balaban J connectivity index is 0.000000411. The normalized spacial score (nSPS) is 10.3. The summed E-state index contributed by atoms with van der Waals surface area (Å²) in [4.78, 5) is 18.8. The average molecular weight is 415 g/mol. The maximum absolute atomic E-state index is 9.41. The largest absolute Gasteiger partial charge is 0.820 e. The molecule has 0 unspecified atom stereocenters. The predicted molar refractivity (Wildman–Crippen MR) is 109 cm³/mol. The van der Waals surface area contributed by atoms with Crippen LogP contribution in [0.5, 0.6) is 0 Å². The minimum Gasteiger partial charge on any atom is -0.820 e. The van der Waals surface area contributed by atoms with Crippen molar-refractivity contribution in [1.29, 1.82) is 0 Å². The molecule has 0 bridgehead atoms. The van der Waals surface area contributed by atoms with Gasteiger partial charge in [-0.1, -0.05) is 26.7 Å². The van der Waals surface area contributed by atoms with Crippen molar-refractivity contribution >= 4 is 8.60 Å². The number of nitrogens with zero attached hydrogens (tertiary/aromatic N) is 4. The minimum atomic E-state index is -2.60. The van der Waals surface area contributed by atoms with E-state index in [-0.39, 0.29) is 6.61 Å². The molecule has 0 amide bonds. The molecule has 0 saturated heterocycles. The van der Waals surface area contributed by atoms with Crippen LogP contribution in [0.3, 0.4) is 0 Å². The fraction of sp³-hybridized carbons (Fsp3) is 0.700. The van der Waals surface area contributed by atoms with E-state index in [0.717, 1.165) is 26.2 Å². The highest BCUT2D eigenvalue weighted by atomic mass is 31.2. The molecule has 2 rings (SSSR count). The van der Waals surface area contributed by atoms with Crippen molar-refractivity contribution in [3.05, 3.63) is 37.4 Å². The highest BCUT2D eigenvalue weighted by Gasteiger charge is 1.99. The molecule has 2 aromatic heterocycles. The van der Waals surface area contributed by atoms with Crippen molar-refractivity contribution < 1.29 is 23.4 Å². The molecule has 28 heavy (non-hydrogen) atoms. The van der Waals surface area contributed by atoms with Crippen LogP contribution in [0.1, 0.15) is 60.3 Å². The van der Waals surface area contributed by atoms with Crippen molar-refractivity contribution in [2.75, 3.05) is 6.61 Å². The molecule has 7 nitrogen and oxygen atoms in total. The smallest absolute Gasteiger partial charge is 0.243 e. The molecule has 0 aliphatic carbocycles. The molecule has 0 N–H and O–H groups in total. The molecule has 8 heteroatoms. The Morgan fingerprint density at radius 3 is 1.43 bits per heavy atom. The van der Waals surface area contributed by atoms with Gasteiger partial charge >= 0.3 is 0 Å². The third-order valence-corrected chi connectivity index (χ3v) is 4.47. The highest BCUT2D eigenvalue weighted by Crippen LogP contribution is 2.10. The highest BCUT2D eigenvalue weighted by molar-refractivity contribution is 7.36. The van der Waals surface area contributed by atoms with Crippen molar-refractivity contribution in [2.24, 2.45) is 0 Å². The van der Waals surface area contributed by atoms with E-state index in [9.17, 15) is 9.79 Å². The molecule has 0 radical (unpaired) electrons. The topological polar surface area (TPSA) is 73.0 Å². The Morgan fingerprint density at radius 2 is 1.21 bits per heavy atom. The van der Waals surface area contributed by atoms with E-state index in [1.54, 1.807) is 6.92 Å². The fourth-order valence-electron chi connectivity index (χ4n) is 2.30.